The molecule has 0 radical (unpaired) electrons. The molecule has 0 aliphatic heterocycles. The lowest BCUT2D eigenvalue weighted by atomic mass is 10.1. The maximum absolute atomic E-state index is 10.9. The smallest absolute Gasteiger partial charge is 0.336 e. The SMILES string of the molecule is COc1cc(Cl)cc(C(=O)O)c1CBr. The van der Waals surface area contributed by atoms with E-state index < -0.39 is 5.97 Å². The number of carboxylic acid groups (broad SMARTS) is 1. The fraction of sp³-hybridized carbons (Fsp3) is 0.222. The zero-order chi connectivity index (χ0) is 10.7. The Labute approximate surface area is 94.8 Å². The van der Waals surface area contributed by atoms with Gasteiger partial charge in [-0.25, -0.2) is 4.79 Å². The maximum atomic E-state index is 10.9. The summed E-state index contributed by atoms with van der Waals surface area (Å²) in [6, 6.07) is 2.99. The van der Waals surface area contributed by atoms with Gasteiger partial charge in [0.15, 0.2) is 0 Å². The lowest BCUT2D eigenvalue weighted by molar-refractivity contribution is 0.0695. The Kier molecular flexibility index (Phi) is 3.77. The van der Waals surface area contributed by atoms with E-state index in [4.69, 9.17) is 21.4 Å². The first kappa shape index (κ1) is 11.3. The molecule has 0 saturated carbocycles. The summed E-state index contributed by atoms with van der Waals surface area (Å²) >= 11 is 8.95. The Morgan fingerprint density at radius 1 is 1.64 bits per heavy atom. The highest BCUT2D eigenvalue weighted by molar-refractivity contribution is 9.08. The van der Waals surface area contributed by atoms with Crippen molar-refractivity contribution >= 4 is 33.5 Å². The summed E-state index contributed by atoms with van der Waals surface area (Å²) in [5.41, 5.74) is 0.746. The molecule has 0 amide bonds. The fourth-order valence-electron chi connectivity index (χ4n) is 1.12. The Bertz CT molecular complexity index is 365. The first-order valence-corrected chi connectivity index (χ1v) is 5.25. The summed E-state index contributed by atoms with van der Waals surface area (Å²) in [7, 11) is 1.48. The second-order valence-corrected chi connectivity index (χ2v) is 3.57. The van der Waals surface area contributed by atoms with E-state index in [-0.39, 0.29) is 5.56 Å². The molecule has 0 spiro atoms. The van der Waals surface area contributed by atoms with Crippen molar-refractivity contribution in [3.05, 3.63) is 28.3 Å². The Balaban J connectivity index is 3.39. The minimum Gasteiger partial charge on any atom is -0.496 e. The van der Waals surface area contributed by atoms with Gasteiger partial charge in [0.25, 0.3) is 0 Å². The van der Waals surface area contributed by atoms with Gasteiger partial charge in [-0.2, -0.15) is 0 Å². The number of carbonyl (C=O) groups is 1. The van der Waals surface area contributed by atoms with Gasteiger partial charge >= 0.3 is 5.97 Å². The molecule has 14 heavy (non-hydrogen) atoms. The van der Waals surface area contributed by atoms with E-state index >= 15 is 0 Å². The van der Waals surface area contributed by atoms with Gasteiger partial charge < -0.3 is 9.84 Å². The monoisotopic (exact) mass is 278 g/mol. The normalized spacial score (nSPS) is 9.93. The fourth-order valence-corrected chi connectivity index (χ4v) is 1.91. The quantitative estimate of drug-likeness (QED) is 0.865. The summed E-state index contributed by atoms with van der Waals surface area (Å²) in [6.07, 6.45) is 0. The molecule has 0 unspecified atom stereocenters. The molecule has 0 aromatic heterocycles. The highest BCUT2D eigenvalue weighted by atomic mass is 79.9. The Morgan fingerprint density at radius 3 is 2.71 bits per heavy atom. The predicted molar refractivity (Wildman–Crippen MR) is 57.6 cm³/mol. The summed E-state index contributed by atoms with van der Waals surface area (Å²) in [4.78, 5) is 10.9. The van der Waals surface area contributed by atoms with Crippen LogP contribution in [0.4, 0.5) is 0 Å². The third kappa shape index (κ3) is 2.19. The highest BCUT2D eigenvalue weighted by Crippen LogP contribution is 2.29. The first-order chi connectivity index (χ1) is 6.60. The largest absolute Gasteiger partial charge is 0.496 e. The highest BCUT2D eigenvalue weighted by Gasteiger charge is 2.15. The van der Waals surface area contributed by atoms with Crippen LogP contribution in [-0.2, 0) is 5.33 Å². The summed E-state index contributed by atoms with van der Waals surface area (Å²) < 4.78 is 5.03. The molecule has 1 aromatic carbocycles. The van der Waals surface area contributed by atoms with Gasteiger partial charge in [0.1, 0.15) is 5.75 Å². The van der Waals surface area contributed by atoms with E-state index in [0.717, 1.165) is 0 Å². The molecule has 3 nitrogen and oxygen atoms in total. The third-order valence-electron chi connectivity index (χ3n) is 1.76. The van der Waals surface area contributed by atoms with Crippen molar-refractivity contribution in [3.63, 3.8) is 0 Å². The van der Waals surface area contributed by atoms with Crippen LogP contribution in [0.1, 0.15) is 15.9 Å². The predicted octanol–water partition coefficient (Wildman–Crippen LogP) is 2.94. The molecule has 1 rings (SSSR count). The first-order valence-electron chi connectivity index (χ1n) is 3.75. The molecule has 0 fully saturated rings. The number of methoxy groups -OCH3 is 1. The molecule has 0 saturated heterocycles. The van der Waals surface area contributed by atoms with Gasteiger partial charge in [0.2, 0.25) is 0 Å². The molecule has 5 heteroatoms. The summed E-state index contributed by atoms with van der Waals surface area (Å²) in [5.74, 6) is -0.535. The summed E-state index contributed by atoms with van der Waals surface area (Å²) in [6.45, 7) is 0. The van der Waals surface area contributed by atoms with Gasteiger partial charge in [-0.15, -0.1) is 0 Å². The number of rotatable bonds is 3. The van der Waals surface area contributed by atoms with Gasteiger partial charge in [-0.05, 0) is 12.1 Å². The van der Waals surface area contributed by atoms with E-state index in [1.54, 1.807) is 6.07 Å². The Hall–Kier alpha value is -0.740. The molecule has 1 N–H and O–H groups in total. The molecule has 0 aliphatic carbocycles. The van der Waals surface area contributed by atoms with Crippen molar-refractivity contribution in [3.8, 4) is 5.75 Å². The minimum atomic E-state index is -1.01. The number of carboxylic acids is 1. The van der Waals surface area contributed by atoms with Crippen molar-refractivity contribution in [2.45, 2.75) is 5.33 Å². The third-order valence-corrected chi connectivity index (χ3v) is 2.54. The zero-order valence-corrected chi connectivity index (χ0v) is 9.72. The molecule has 0 aliphatic rings. The molecular weight excluding hydrogens is 271 g/mol. The van der Waals surface area contributed by atoms with Gasteiger partial charge in [-0.1, -0.05) is 27.5 Å². The van der Waals surface area contributed by atoms with Crippen LogP contribution in [0.15, 0.2) is 12.1 Å². The zero-order valence-electron chi connectivity index (χ0n) is 7.38. The van der Waals surface area contributed by atoms with Crippen LogP contribution in [-0.4, -0.2) is 18.2 Å². The van der Waals surface area contributed by atoms with Crippen LogP contribution in [0.25, 0.3) is 0 Å². The van der Waals surface area contributed by atoms with E-state index in [1.807, 2.05) is 0 Å². The van der Waals surface area contributed by atoms with Crippen LogP contribution in [0, 0.1) is 0 Å². The number of hydrogen-bond acceptors (Lipinski definition) is 2. The van der Waals surface area contributed by atoms with Crippen LogP contribution in [0.2, 0.25) is 5.02 Å². The molecule has 76 valence electrons. The number of ether oxygens (including phenoxy) is 1. The number of benzene rings is 1. The van der Waals surface area contributed by atoms with Gasteiger partial charge in [-0.3, -0.25) is 0 Å². The molecule has 1 aromatic rings. The van der Waals surface area contributed by atoms with Crippen molar-refractivity contribution < 1.29 is 14.6 Å². The minimum absolute atomic E-state index is 0.159. The number of hydrogen-bond donors (Lipinski definition) is 1. The number of halogens is 2. The van der Waals surface area contributed by atoms with Gasteiger partial charge in [0.05, 0.1) is 12.7 Å². The van der Waals surface area contributed by atoms with Crippen molar-refractivity contribution in [2.24, 2.45) is 0 Å². The van der Waals surface area contributed by atoms with E-state index in [1.165, 1.54) is 13.2 Å². The number of aromatic carboxylic acids is 1. The lowest BCUT2D eigenvalue weighted by Crippen LogP contribution is -2.03. The van der Waals surface area contributed by atoms with Crippen LogP contribution < -0.4 is 4.74 Å². The topological polar surface area (TPSA) is 46.5 Å². The van der Waals surface area contributed by atoms with Crippen molar-refractivity contribution in [1.29, 1.82) is 0 Å². The summed E-state index contributed by atoms with van der Waals surface area (Å²) in [5, 5.41) is 9.67. The van der Waals surface area contributed by atoms with Crippen LogP contribution >= 0.6 is 27.5 Å². The maximum Gasteiger partial charge on any atom is 0.336 e. The number of alkyl halides is 1. The lowest BCUT2D eigenvalue weighted by Gasteiger charge is -2.09. The van der Waals surface area contributed by atoms with E-state index in [9.17, 15) is 4.79 Å². The second kappa shape index (κ2) is 4.66. The average molecular weight is 280 g/mol. The Morgan fingerprint density at radius 2 is 2.29 bits per heavy atom. The van der Waals surface area contributed by atoms with Crippen LogP contribution in [0.5, 0.6) is 5.75 Å². The van der Waals surface area contributed by atoms with E-state index in [0.29, 0.717) is 21.7 Å². The van der Waals surface area contributed by atoms with Gasteiger partial charge in [0, 0.05) is 15.9 Å². The van der Waals surface area contributed by atoms with E-state index in [2.05, 4.69) is 15.9 Å². The molecule has 0 bridgehead atoms. The molecular formula is C9H8BrClO3. The van der Waals surface area contributed by atoms with Crippen molar-refractivity contribution in [2.75, 3.05) is 7.11 Å². The standard InChI is InChI=1S/C9H8BrClO3/c1-14-8-3-5(11)2-6(9(12)13)7(8)4-10/h2-3H,4H2,1H3,(H,12,13). The van der Waals surface area contributed by atoms with Crippen LogP contribution in [0.3, 0.4) is 0 Å². The molecule has 0 atom stereocenters. The second-order valence-electron chi connectivity index (χ2n) is 2.57. The van der Waals surface area contributed by atoms with Crippen molar-refractivity contribution in [1.82, 2.24) is 0 Å². The average Bonchev–Trinajstić information content (AvgIpc) is 2.16. The molecule has 0 heterocycles.